The maximum atomic E-state index is 11.7. The van der Waals surface area contributed by atoms with Gasteiger partial charge in [0.1, 0.15) is 0 Å². The second-order valence-corrected chi connectivity index (χ2v) is 4.97. The zero-order valence-corrected chi connectivity index (χ0v) is 10.9. The fraction of sp³-hybridized carbons (Fsp3) is 0.917. The minimum Gasteiger partial charge on any atom is -0.395 e. The van der Waals surface area contributed by atoms with E-state index in [4.69, 9.17) is 5.11 Å². The second kappa shape index (κ2) is 7.63. The number of aliphatic hydroxyl groups is 1. The van der Waals surface area contributed by atoms with Crippen LogP contribution in [0.5, 0.6) is 0 Å². The number of carbonyl (C=O) groups is 1. The van der Waals surface area contributed by atoms with E-state index in [1.165, 1.54) is 6.42 Å². The number of amides is 1. The fourth-order valence-electron chi connectivity index (χ4n) is 2.17. The van der Waals surface area contributed by atoms with E-state index < -0.39 is 0 Å². The van der Waals surface area contributed by atoms with Crippen LogP contribution in [0.2, 0.25) is 0 Å². The molecular weight excluding hydrogens is 218 g/mol. The van der Waals surface area contributed by atoms with E-state index in [-0.39, 0.29) is 18.6 Å². The van der Waals surface area contributed by atoms with Crippen molar-refractivity contribution in [2.45, 2.75) is 38.8 Å². The van der Waals surface area contributed by atoms with Crippen LogP contribution in [-0.2, 0) is 4.79 Å². The summed E-state index contributed by atoms with van der Waals surface area (Å²) in [5, 5.41) is 15.3. The van der Waals surface area contributed by atoms with Gasteiger partial charge in [-0.2, -0.15) is 0 Å². The largest absolute Gasteiger partial charge is 0.395 e. The summed E-state index contributed by atoms with van der Waals surface area (Å²) in [5.74, 6) is 0.0337. The number of nitrogens with one attached hydrogen (secondary N) is 2. The lowest BCUT2D eigenvalue weighted by Gasteiger charge is -2.24. The number of rotatable bonds is 7. The highest BCUT2D eigenvalue weighted by Crippen LogP contribution is 2.06. The number of nitrogens with zero attached hydrogens (tertiary/aromatic N) is 1. The molecule has 0 aromatic heterocycles. The molecular formula is C12H25N3O2. The lowest BCUT2D eigenvalue weighted by molar-refractivity contribution is -0.122. The van der Waals surface area contributed by atoms with E-state index >= 15 is 0 Å². The van der Waals surface area contributed by atoms with Crippen molar-refractivity contribution in [2.75, 3.05) is 32.8 Å². The Kier molecular flexibility index (Phi) is 6.47. The predicted octanol–water partition coefficient (Wildman–Crippen LogP) is -0.443. The molecule has 1 saturated heterocycles. The minimum atomic E-state index is 0.0337. The first-order chi connectivity index (χ1) is 8.11. The zero-order chi connectivity index (χ0) is 12.7. The third kappa shape index (κ3) is 6.00. The summed E-state index contributed by atoms with van der Waals surface area (Å²) in [5.41, 5.74) is 0. The summed E-state index contributed by atoms with van der Waals surface area (Å²) in [7, 11) is 0. The molecule has 0 bridgehead atoms. The highest BCUT2D eigenvalue weighted by molar-refractivity contribution is 5.78. The van der Waals surface area contributed by atoms with E-state index in [1.54, 1.807) is 0 Å². The Morgan fingerprint density at radius 3 is 2.88 bits per heavy atom. The van der Waals surface area contributed by atoms with Crippen LogP contribution in [0.25, 0.3) is 0 Å². The molecule has 0 aromatic carbocycles. The van der Waals surface area contributed by atoms with Gasteiger partial charge in [-0.25, -0.2) is 0 Å². The van der Waals surface area contributed by atoms with Crippen molar-refractivity contribution in [1.29, 1.82) is 0 Å². The Morgan fingerprint density at radius 1 is 1.59 bits per heavy atom. The maximum Gasteiger partial charge on any atom is 0.234 e. The third-order valence-corrected chi connectivity index (χ3v) is 2.87. The van der Waals surface area contributed by atoms with Crippen LogP contribution in [0.4, 0.5) is 0 Å². The van der Waals surface area contributed by atoms with Gasteiger partial charge in [-0.3, -0.25) is 9.69 Å². The van der Waals surface area contributed by atoms with Crippen LogP contribution in [0.1, 0.15) is 26.7 Å². The third-order valence-electron chi connectivity index (χ3n) is 2.87. The molecule has 1 heterocycles. The molecule has 1 amide bonds. The molecule has 1 aliphatic rings. The molecule has 1 unspecified atom stereocenters. The van der Waals surface area contributed by atoms with Gasteiger partial charge < -0.3 is 15.7 Å². The highest BCUT2D eigenvalue weighted by atomic mass is 16.3. The van der Waals surface area contributed by atoms with Gasteiger partial charge in [0.05, 0.1) is 13.2 Å². The quantitative estimate of drug-likeness (QED) is 0.567. The standard InChI is InChI=1S/C12H25N3O2/c1-10(2)14-12(17)9-15(6-7-16)8-11-4-3-5-13-11/h10-11,13,16H,3-9H2,1-2H3,(H,14,17). The van der Waals surface area contributed by atoms with Crippen LogP contribution >= 0.6 is 0 Å². The fourth-order valence-corrected chi connectivity index (χ4v) is 2.17. The average Bonchev–Trinajstić information content (AvgIpc) is 2.69. The summed E-state index contributed by atoms with van der Waals surface area (Å²) in [4.78, 5) is 13.7. The first-order valence-electron chi connectivity index (χ1n) is 6.47. The van der Waals surface area contributed by atoms with E-state index in [0.29, 0.717) is 19.1 Å². The predicted molar refractivity (Wildman–Crippen MR) is 67.8 cm³/mol. The molecule has 1 aliphatic heterocycles. The SMILES string of the molecule is CC(C)NC(=O)CN(CCO)CC1CCCN1. The van der Waals surface area contributed by atoms with Gasteiger partial charge in [0.2, 0.25) is 5.91 Å². The first-order valence-corrected chi connectivity index (χ1v) is 6.47. The summed E-state index contributed by atoms with van der Waals surface area (Å²) >= 11 is 0. The molecule has 1 rings (SSSR count). The summed E-state index contributed by atoms with van der Waals surface area (Å²) in [6, 6.07) is 0.636. The summed E-state index contributed by atoms with van der Waals surface area (Å²) < 4.78 is 0. The zero-order valence-electron chi connectivity index (χ0n) is 10.9. The van der Waals surface area contributed by atoms with Crippen LogP contribution in [0.3, 0.4) is 0 Å². The molecule has 3 N–H and O–H groups in total. The Bertz CT molecular complexity index is 228. The molecule has 5 nitrogen and oxygen atoms in total. The molecule has 1 fully saturated rings. The molecule has 0 aliphatic carbocycles. The molecule has 1 atom stereocenters. The van der Waals surface area contributed by atoms with Crippen molar-refractivity contribution in [1.82, 2.24) is 15.5 Å². The molecule has 0 aromatic rings. The topological polar surface area (TPSA) is 64.6 Å². The Hall–Kier alpha value is -0.650. The van der Waals surface area contributed by atoms with Gasteiger partial charge in [0, 0.05) is 25.2 Å². The van der Waals surface area contributed by atoms with Crippen LogP contribution in [-0.4, -0.2) is 60.8 Å². The molecule has 100 valence electrons. The van der Waals surface area contributed by atoms with Crippen LogP contribution in [0.15, 0.2) is 0 Å². The number of hydrogen-bond acceptors (Lipinski definition) is 4. The van der Waals surface area contributed by atoms with E-state index in [9.17, 15) is 4.79 Å². The van der Waals surface area contributed by atoms with Gasteiger partial charge in [0.15, 0.2) is 0 Å². The summed E-state index contributed by atoms with van der Waals surface area (Å²) in [6.07, 6.45) is 2.36. The van der Waals surface area contributed by atoms with Gasteiger partial charge in [-0.15, -0.1) is 0 Å². The molecule has 5 heteroatoms. The first kappa shape index (κ1) is 14.4. The molecule has 0 radical (unpaired) electrons. The minimum absolute atomic E-state index is 0.0337. The number of hydrogen-bond donors (Lipinski definition) is 3. The van der Waals surface area contributed by atoms with Crippen molar-refractivity contribution in [2.24, 2.45) is 0 Å². The van der Waals surface area contributed by atoms with Gasteiger partial charge in [-0.1, -0.05) is 0 Å². The van der Waals surface area contributed by atoms with Crippen molar-refractivity contribution in [3.63, 3.8) is 0 Å². The van der Waals surface area contributed by atoms with E-state index in [1.807, 2.05) is 18.7 Å². The molecule has 17 heavy (non-hydrogen) atoms. The Balaban J connectivity index is 2.33. The van der Waals surface area contributed by atoms with Crippen molar-refractivity contribution in [3.8, 4) is 0 Å². The number of carbonyl (C=O) groups excluding carboxylic acids is 1. The smallest absolute Gasteiger partial charge is 0.234 e. The van der Waals surface area contributed by atoms with E-state index in [0.717, 1.165) is 19.5 Å². The average molecular weight is 243 g/mol. The lowest BCUT2D eigenvalue weighted by atomic mass is 10.2. The monoisotopic (exact) mass is 243 g/mol. The normalized spacial score (nSPS) is 20.2. The summed E-state index contributed by atoms with van der Waals surface area (Å²) in [6.45, 7) is 6.84. The van der Waals surface area contributed by atoms with E-state index in [2.05, 4.69) is 10.6 Å². The van der Waals surface area contributed by atoms with Crippen molar-refractivity contribution >= 4 is 5.91 Å². The highest BCUT2D eigenvalue weighted by Gasteiger charge is 2.19. The van der Waals surface area contributed by atoms with Crippen molar-refractivity contribution < 1.29 is 9.90 Å². The van der Waals surface area contributed by atoms with Crippen molar-refractivity contribution in [3.05, 3.63) is 0 Å². The van der Waals surface area contributed by atoms with Crippen LogP contribution in [0, 0.1) is 0 Å². The second-order valence-electron chi connectivity index (χ2n) is 4.97. The Labute approximate surface area is 104 Å². The Morgan fingerprint density at radius 2 is 2.35 bits per heavy atom. The lowest BCUT2D eigenvalue weighted by Crippen LogP contribution is -2.45. The number of aliphatic hydroxyl groups excluding tert-OH is 1. The maximum absolute atomic E-state index is 11.7. The molecule has 0 spiro atoms. The van der Waals surface area contributed by atoms with Gasteiger partial charge in [-0.05, 0) is 33.2 Å². The molecule has 0 saturated carbocycles. The van der Waals surface area contributed by atoms with Gasteiger partial charge >= 0.3 is 0 Å². The van der Waals surface area contributed by atoms with Gasteiger partial charge in [0.25, 0.3) is 0 Å². The van der Waals surface area contributed by atoms with Crippen LogP contribution < -0.4 is 10.6 Å².